The van der Waals surface area contributed by atoms with Crippen LogP contribution in [0.15, 0.2) is 52.4 Å². The second-order valence-electron chi connectivity index (χ2n) is 5.64. The minimum atomic E-state index is -0.350. The van der Waals surface area contributed by atoms with Gasteiger partial charge in [0, 0.05) is 20.9 Å². The number of hydrogen-bond acceptors (Lipinski definition) is 4. The van der Waals surface area contributed by atoms with Crippen molar-refractivity contribution in [3.05, 3.63) is 71.3 Å². The third-order valence-electron chi connectivity index (χ3n) is 3.94. The molecular formula is C18H11ClIN3O2S. The molecule has 0 saturated heterocycles. The van der Waals surface area contributed by atoms with Crippen molar-refractivity contribution < 1.29 is 9.90 Å². The zero-order valence-corrected chi connectivity index (χ0v) is 17.1. The number of benzene rings is 2. The van der Waals surface area contributed by atoms with Crippen molar-refractivity contribution in [3.8, 4) is 5.88 Å². The predicted octanol–water partition coefficient (Wildman–Crippen LogP) is 2.64. The number of aromatic hydroxyl groups is 1. The molecule has 0 radical (unpaired) electrons. The quantitative estimate of drug-likeness (QED) is 0.556. The van der Waals surface area contributed by atoms with E-state index in [1.807, 2.05) is 18.2 Å². The van der Waals surface area contributed by atoms with Crippen molar-refractivity contribution in [3.63, 3.8) is 0 Å². The Morgan fingerprint density at radius 3 is 2.69 bits per heavy atom. The van der Waals surface area contributed by atoms with Crippen molar-refractivity contribution in [1.82, 2.24) is 4.57 Å². The fourth-order valence-corrected chi connectivity index (χ4v) is 4.34. The number of thiazole rings is 1. The zero-order chi connectivity index (χ0) is 18.4. The average Bonchev–Trinajstić information content (AvgIpc) is 3.07. The number of halogens is 2. The summed E-state index contributed by atoms with van der Waals surface area (Å²) in [6, 6.07) is 12.7. The maximum Gasteiger partial charge on any atom is 0.279 e. The highest BCUT2D eigenvalue weighted by atomic mass is 127. The Hall–Kier alpha value is -1.97. The van der Waals surface area contributed by atoms with E-state index in [1.165, 1.54) is 11.3 Å². The van der Waals surface area contributed by atoms with E-state index < -0.39 is 0 Å². The van der Waals surface area contributed by atoms with Crippen LogP contribution in [0.5, 0.6) is 5.88 Å². The molecule has 1 aliphatic heterocycles. The van der Waals surface area contributed by atoms with Gasteiger partial charge in [0.1, 0.15) is 4.88 Å². The molecule has 0 bridgehead atoms. The number of rotatable bonds is 2. The SMILES string of the molecule is Cn1c(O)c(C2=c3cc(I)ccc3=NC2=O)sc1=Nc1ccc(Cl)cc1. The first kappa shape index (κ1) is 17.4. The van der Waals surface area contributed by atoms with Gasteiger partial charge in [-0.2, -0.15) is 0 Å². The number of aromatic nitrogens is 1. The molecule has 26 heavy (non-hydrogen) atoms. The van der Waals surface area contributed by atoms with Gasteiger partial charge >= 0.3 is 0 Å². The van der Waals surface area contributed by atoms with Gasteiger partial charge < -0.3 is 5.11 Å². The molecular weight excluding hydrogens is 485 g/mol. The molecule has 0 atom stereocenters. The van der Waals surface area contributed by atoms with Crippen LogP contribution in [0.2, 0.25) is 5.02 Å². The van der Waals surface area contributed by atoms with Gasteiger partial charge in [-0.25, -0.2) is 9.98 Å². The molecule has 0 aliphatic carbocycles. The first-order valence-electron chi connectivity index (χ1n) is 7.56. The van der Waals surface area contributed by atoms with Crippen molar-refractivity contribution in [2.24, 2.45) is 17.0 Å². The van der Waals surface area contributed by atoms with E-state index in [1.54, 1.807) is 35.9 Å². The fraction of sp³-hybridized carbons (Fsp3) is 0.0556. The lowest BCUT2D eigenvalue weighted by atomic mass is 10.1. The van der Waals surface area contributed by atoms with Gasteiger partial charge in [-0.05, 0) is 65.1 Å². The van der Waals surface area contributed by atoms with E-state index in [0.717, 1.165) is 8.79 Å². The van der Waals surface area contributed by atoms with Crippen molar-refractivity contribution in [1.29, 1.82) is 0 Å². The summed E-state index contributed by atoms with van der Waals surface area (Å²) in [4.78, 5) is 22.1. The van der Waals surface area contributed by atoms with Crippen LogP contribution in [-0.2, 0) is 11.8 Å². The highest BCUT2D eigenvalue weighted by molar-refractivity contribution is 14.1. The van der Waals surface area contributed by atoms with Crippen LogP contribution in [0.1, 0.15) is 4.88 Å². The van der Waals surface area contributed by atoms with Crippen LogP contribution in [-0.4, -0.2) is 15.6 Å². The van der Waals surface area contributed by atoms with Crippen LogP contribution < -0.4 is 15.4 Å². The van der Waals surface area contributed by atoms with Gasteiger partial charge in [-0.15, -0.1) is 0 Å². The average molecular weight is 496 g/mol. The van der Waals surface area contributed by atoms with Crippen molar-refractivity contribution in [2.75, 3.05) is 0 Å². The number of carbonyl (C=O) groups is 1. The summed E-state index contributed by atoms with van der Waals surface area (Å²) >= 11 is 9.34. The van der Waals surface area contributed by atoms with E-state index in [9.17, 15) is 9.90 Å². The Balaban J connectivity index is 1.95. The van der Waals surface area contributed by atoms with Crippen LogP contribution in [0.4, 0.5) is 5.69 Å². The number of nitrogens with zero attached hydrogens (tertiary/aromatic N) is 3. The highest BCUT2D eigenvalue weighted by Crippen LogP contribution is 2.28. The fourth-order valence-electron chi connectivity index (χ4n) is 2.64. The molecule has 0 unspecified atom stereocenters. The Labute approximate surface area is 170 Å². The largest absolute Gasteiger partial charge is 0.493 e. The lowest BCUT2D eigenvalue weighted by molar-refractivity contribution is -0.112. The van der Waals surface area contributed by atoms with E-state index >= 15 is 0 Å². The number of amides is 1. The van der Waals surface area contributed by atoms with Crippen LogP contribution >= 0.6 is 45.5 Å². The molecule has 1 aromatic heterocycles. The van der Waals surface area contributed by atoms with Gasteiger partial charge in [0.25, 0.3) is 5.91 Å². The van der Waals surface area contributed by atoms with E-state index in [0.29, 0.717) is 31.3 Å². The first-order chi connectivity index (χ1) is 12.4. The maximum absolute atomic E-state index is 12.4. The van der Waals surface area contributed by atoms with Crippen molar-refractivity contribution in [2.45, 2.75) is 0 Å². The molecule has 0 fully saturated rings. The molecule has 2 aromatic carbocycles. The third-order valence-corrected chi connectivity index (χ3v) is 6.00. The minimum absolute atomic E-state index is 0.00650. The van der Waals surface area contributed by atoms with Crippen LogP contribution in [0.25, 0.3) is 5.57 Å². The number of carbonyl (C=O) groups excluding carboxylic acids is 1. The summed E-state index contributed by atoms with van der Waals surface area (Å²) in [6.07, 6.45) is 0. The van der Waals surface area contributed by atoms with Gasteiger partial charge in [0.2, 0.25) is 5.88 Å². The third kappa shape index (κ3) is 3.00. The Morgan fingerprint density at radius 1 is 1.23 bits per heavy atom. The summed E-state index contributed by atoms with van der Waals surface area (Å²) in [5, 5.41) is 12.6. The Bertz CT molecular complexity index is 1240. The highest BCUT2D eigenvalue weighted by Gasteiger charge is 2.24. The molecule has 1 N–H and O–H groups in total. The van der Waals surface area contributed by atoms with E-state index in [2.05, 4.69) is 32.6 Å². The predicted molar refractivity (Wildman–Crippen MR) is 109 cm³/mol. The Morgan fingerprint density at radius 2 is 1.96 bits per heavy atom. The van der Waals surface area contributed by atoms with Gasteiger partial charge in [0.15, 0.2) is 4.80 Å². The lowest BCUT2D eigenvalue weighted by Gasteiger charge is -1.99. The topological polar surface area (TPSA) is 66.9 Å². The molecule has 1 aliphatic rings. The Kier molecular flexibility index (Phi) is 4.45. The summed E-state index contributed by atoms with van der Waals surface area (Å²) in [5.41, 5.74) is 1.12. The van der Waals surface area contributed by atoms with E-state index in [-0.39, 0.29) is 11.8 Å². The molecule has 8 heteroatoms. The molecule has 1 amide bonds. The molecule has 0 saturated carbocycles. The second kappa shape index (κ2) is 6.64. The summed E-state index contributed by atoms with van der Waals surface area (Å²) < 4.78 is 2.55. The van der Waals surface area contributed by atoms with Gasteiger partial charge in [-0.3, -0.25) is 9.36 Å². The molecule has 3 aromatic rings. The lowest BCUT2D eigenvalue weighted by Crippen LogP contribution is -2.23. The smallest absolute Gasteiger partial charge is 0.279 e. The summed E-state index contributed by atoms with van der Waals surface area (Å²) in [5.74, 6) is -0.356. The first-order valence-corrected chi connectivity index (χ1v) is 9.84. The van der Waals surface area contributed by atoms with Gasteiger partial charge in [-0.1, -0.05) is 22.9 Å². The number of hydrogen-bond donors (Lipinski definition) is 1. The monoisotopic (exact) mass is 495 g/mol. The molecule has 0 spiro atoms. The second-order valence-corrected chi connectivity index (χ2v) is 8.30. The van der Waals surface area contributed by atoms with Crippen LogP contribution in [0.3, 0.4) is 0 Å². The summed E-state index contributed by atoms with van der Waals surface area (Å²) in [7, 11) is 1.71. The molecule has 130 valence electrons. The normalized spacial score (nSPS) is 13.9. The van der Waals surface area contributed by atoms with Gasteiger partial charge in [0.05, 0.1) is 16.6 Å². The molecule has 2 heterocycles. The van der Waals surface area contributed by atoms with Crippen LogP contribution in [0, 0.1) is 3.57 Å². The summed E-state index contributed by atoms with van der Waals surface area (Å²) in [6.45, 7) is 0. The molecule has 4 rings (SSSR count). The zero-order valence-electron chi connectivity index (χ0n) is 13.4. The standard InChI is InChI=1S/C18H11ClIN3O2S/c1-23-17(25)15(26-18(23)21-11-5-2-9(19)3-6-11)14-12-8-10(20)4-7-13(12)22-16(14)24/h2-8,25H,1H3. The molecule has 5 nitrogen and oxygen atoms in total. The van der Waals surface area contributed by atoms with E-state index in [4.69, 9.17) is 11.6 Å². The number of fused-ring (bicyclic) bond motifs is 1. The minimum Gasteiger partial charge on any atom is -0.493 e. The maximum atomic E-state index is 12.4. The van der Waals surface area contributed by atoms with Crippen molar-refractivity contribution >= 4 is 62.7 Å².